The van der Waals surface area contributed by atoms with Gasteiger partial charge in [0.25, 0.3) is 0 Å². The fourth-order valence-electron chi connectivity index (χ4n) is 1.60. The molecule has 0 heterocycles. The molecule has 0 saturated heterocycles. The van der Waals surface area contributed by atoms with Crippen molar-refractivity contribution in [2.45, 2.75) is 39.7 Å². The maximum Gasteiger partial charge on any atom is 0.0180 e. The van der Waals surface area contributed by atoms with Crippen molar-refractivity contribution in [3.63, 3.8) is 0 Å². The SMILES string of the molecule is CCCCc1cccc(CN)c1C. The van der Waals surface area contributed by atoms with Crippen LogP contribution >= 0.6 is 0 Å². The average Bonchev–Trinajstić information content (AvgIpc) is 2.16. The van der Waals surface area contributed by atoms with Crippen LogP contribution in [-0.4, -0.2) is 0 Å². The molecular weight excluding hydrogens is 158 g/mol. The second-order valence-electron chi connectivity index (χ2n) is 3.51. The molecule has 1 rings (SSSR count). The third-order valence-corrected chi connectivity index (χ3v) is 2.58. The molecular formula is C12H19N. The van der Waals surface area contributed by atoms with Crippen LogP contribution in [0.1, 0.15) is 36.5 Å². The fraction of sp³-hybridized carbons (Fsp3) is 0.500. The van der Waals surface area contributed by atoms with Gasteiger partial charge >= 0.3 is 0 Å². The molecule has 1 aromatic carbocycles. The van der Waals surface area contributed by atoms with Crippen molar-refractivity contribution in [1.82, 2.24) is 0 Å². The Balaban J connectivity index is 2.81. The van der Waals surface area contributed by atoms with Crippen molar-refractivity contribution in [2.24, 2.45) is 5.73 Å². The van der Waals surface area contributed by atoms with Gasteiger partial charge in [-0.1, -0.05) is 31.5 Å². The van der Waals surface area contributed by atoms with Crippen molar-refractivity contribution in [1.29, 1.82) is 0 Å². The monoisotopic (exact) mass is 177 g/mol. The number of hydrogen-bond acceptors (Lipinski definition) is 1. The number of benzene rings is 1. The molecule has 0 aliphatic rings. The van der Waals surface area contributed by atoms with Crippen LogP contribution in [0.3, 0.4) is 0 Å². The first kappa shape index (κ1) is 10.3. The highest BCUT2D eigenvalue weighted by atomic mass is 14.5. The van der Waals surface area contributed by atoms with E-state index in [0.717, 1.165) is 0 Å². The van der Waals surface area contributed by atoms with Crippen molar-refractivity contribution in [3.05, 3.63) is 34.9 Å². The van der Waals surface area contributed by atoms with Gasteiger partial charge in [0.2, 0.25) is 0 Å². The van der Waals surface area contributed by atoms with Gasteiger partial charge in [-0.25, -0.2) is 0 Å². The predicted molar refractivity (Wildman–Crippen MR) is 57.7 cm³/mol. The van der Waals surface area contributed by atoms with Crippen LogP contribution in [-0.2, 0) is 13.0 Å². The van der Waals surface area contributed by atoms with E-state index in [0.29, 0.717) is 6.54 Å². The number of nitrogens with two attached hydrogens (primary N) is 1. The first-order valence-corrected chi connectivity index (χ1v) is 5.07. The smallest absolute Gasteiger partial charge is 0.0180 e. The number of rotatable bonds is 4. The summed E-state index contributed by atoms with van der Waals surface area (Å²) in [6.45, 7) is 5.06. The van der Waals surface area contributed by atoms with E-state index in [-0.39, 0.29) is 0 Å². The molecule has 0 aliphatic carbocycles. The van der Waals surface area contributed by atoms with E-state index in [2.05, 4.69) is 32.0 Å². The van der Waals surface area contributed by atoms with Crippen LogP contribution in [0.15, 0.2) is 18.2 Å². The summed E-state index contributed by atoms with van der Waals surface area (Å²) in [5.41, 5.74) is 9.78. The van der Waals surface area contributed by atoms with Crippen LogP contribution in [0.2, 0.25) is 0 Å². The summed E-state index contributed by atoms with van der Waals surface area (Å²) in [7, 11) is 0. The van der Waals surface area contributed by atoms with Crippen LogP contribution in [0.4, 0.5) is 0 Å². The Hall–Kier alpha value is -0.820. The second-order valence-corrected chi connectivity index (χ2v) is 3.51. The van der Waals surface area contributed by atoms with E-state index in [1.165, 1.54) is 36.0 Å². The second kappa shape index (κ2) is 5.03. The fourth-order valence-corrected chi connectivity index (χ4v) is 1.60. The Bertz CT molecular complexity index is 266. The molecule has 0 atom stereocenters. The van der Waals surface area contributed by atoms with Crippen molar-refractivity contribution in [2.75, 3.05) is 0 Å². The Morgan fingerprint density at radius 3 is 2.54 bits per heavy atom. The highest BCUT2D eigenvalue weighted by Gasteiger charge is 2.01. The van der Waals surface area contributed by atoms with Crippen LogP contribution in [0.5, 0.6) is 0 Å². The lowest BCUT2D eigenvalue weighted by molar-refractivity contribution is 0.789. The standard InChI is InChI=1S/C12H19N/c1-3-4-6-11-7-5-8-12(9-13)10(11)2/h5,7-8H,3-4,6,9,13H2,1-2H3. The molecule has 0 unspecified atom stereocenters. The Labute approximate surface area is 81.0 Å². The van der Waals surface area contributed by atoms with E-state index in [1.807, 2.05) is 0 Å². The molecule has 1 heteroatoms. The highest BCUT2D eigenvalue weighted by molar-refractivity contribution is 5.34. The zero-order valence-corrected chi connectivity index (χ0v) is 8.64. The van der Waals surface area contributed by atoms with E-state index >= 15 is 0 Å². The largest absolute Gasteiger partial charge is 0.326 e. The summed E-state index contributed by atoms with van der Waals surface area (Å²) in [5.74, 6) is 0. The highest BCUT2D eigenvalue weighted by Crippen LogP contribution is 2.15. The molecule has 1 aromatic rings. The minimum Gasteiger partial charge on any atom is -0.326 e. The van der Waals surface area contributed by atoms with Gasteiger partial charge < -0.3 is 5.73 Å². The van der Waals surface area contributed by atoms with Gasteiger partial charge in [0.05, 0.1) is 0 Å². The van der Waals surface area contributed by atoms with Gasteiger partial charge in [-0.15, -0.1) is 0 Å². The minimum atomic E-state index is 0.659. The Morgan fingerprint density at radius 2 is 1.92 bits per heavy atom. The van der Waals surface area contributed by atoms with E-state index in [9.17, 15) is 0 Å². The molecule has 0 aromatic heterocycles. The molecule has 0 spiro atoms. The van der Waals surface area contributed by atoms with Gasteiger partial charge in [-0.2, -0.15) is 0 Å². The number of hydrogen-bond donors (Lipinski definition) is 1. The van der Waals surface area contributed by atoms with Gasteiger partial charge in [0.15, 0.2) is 0 Å². The molecule has 13 heavy (non-hydrogen) atoms. The van der Waals surface area contributed by atoms with Gasteiger partial charge in [-0.3, -0.25) is 0 Å². The quantitative estimate of drug-likeness (QED) is 0.752. The summed E-state index contributed by atoms with van der Waals surface area (Å²) in [4.78, 5) is 0. The van der Waals surface area contributed by atoms with E-state index in [1.54, 1.807) is 0 Å². The molecule has 0 bridgehead atoms. The van der Waals surface area contributed by atoms with Crippen LogP contribution < -0.4 is 5.73 Å². The summed E-state index contributed by atoms with van der Waals surface area (Å²) < 4.78 is 0. The van der Waals surface area contributed by atoms with Crippen molar-refractivity contribution < 1.29 is 0 Å². The molecule has 0 radical (unpaired) electrons. The molecule has 72 valence electrons. The van der Waals surface area contributed by atoms with E-state index in [4.69, 9.17) is 5.73 Å². The number of unbranched alkanes of at least 4 members (excludes halogenated alkanes) is 1. The molecule has 0 amide bonds. The van der Waals surface area contributed by atoms with Gasteiger partial charge in [-0.05, 0) is 36.5 Å². The Kier molecular flexibility index (Phi) is 3.97. The lowest BCUT2D eigenvalue weighted by Crippen LogP contribution is -2.01. The van der Waals surface area contributed by atoms with Crippen LogP contribution in [0, 0.1) is 6.92 Å². The van der Waals surface area contributed by atoms with Crippen LogP contribution in [0.25, 0.3) is 0 Å². The lowest BCUT2D eigenvalue weighted by Gasteiger charge is -2.08. The summed E-state index contributed by atoms with van der Waals surface area (Å²) in [6.07, 6.45) is 3.72. The first-order valence-electron chi connectivity index (χ1n) is 5.07. The topological polar surface area (TPSA) is 26.0 Å². The summed E-state index contributed by atoms with van der Waals surface area (Å²) >= 11 is 0. The first-order chi connectivity index (χ1) is 6.29. The number of aryl methyl sites for hydroxylation is 1. The molecule has 0 aliphatic heterocycles. The zero-order chi connectivity index (χ0) is 9.68. The average molecular weight is 177 g/mol. The zero-order valence-electron chi connectivity index (χ0n) is 8.64. The van der Waals surface area contributed by atoms with Gasteiger partial charge in [0.1, 0.15) is 0 Å². The normalized spacial score (nSPS) is 10.4. The van der Waals surface area contributed by atoms with Crippen molar-refractivity contribution >= 4 is 0 Å². The third-order valence-electron chi connectivity index (χ3n) is 2.58. The molecule has 0 saturated carbocycles. The molecule has 2 N–H and O–H groups in total. The van der Waals surface area contributed by atoms with Crippen molar-refractivity contribution in [3.8, 4) is 0 Å². The Morgan fingerprint density at radius 1 is 1.23 bits per heavy atom. The maximum atomic E-state index is 5.65. The lowest BCUT2D eigenvalue weighted by atomic mass is 9.98. The molecule has 0 fully saturated rings. The third kappa shape index (κ3) is 2.56. The molecule has 1 nitrogen and oxygen atoms in total. The minimum absolute atomic E-state index is 0.659. The maximum absolute atomic E-state index is 5.65. The summed E-state index contributed by atoms with van der Waals surface area (Å²) in [6, 6.07) is 6.44. The van der Waals surface area contributed by atoms with Gasteiger partial charge in [0, 0.05) is 6.54 Å². The van der Waals surface area contributed by atoms with E-state index < -0.39 is 0 Å². The summed E-state index contributed by atoms with van der Waals surface area (Å²) in [5, 5.41) is 0. The predicted octanol–water partition coefficient (Wildman–Crippen LogP) is 2.80.